The summed E-state index contributed by atoms with van der Waals surface area (Å²) in [6.07, 6.45) is 0. The maximum absolute atomic E-state index is 12.8. The lowest BCUT2D eigenvalue weighted by Crippen LogP contribution is -2.48. The van der Waals surface area contributed by atoms with Crippen molar-refractivity contribution in [1.29, 1.82) is 0 Å². The molecule has 154 valence electrons. The number of hydrogen-bond donors (Lipinski definition) is 0. The summed E-state index contributed by atoms with van der Waals surface area (Å²) in [5.41, 5.74) is 3.01. The molecule has 0 bridgehead atoms. The number of benzene rings is 2. The number of rotatable bonds is 5. The van der Waals surface area contributed by atoms with E-state index in [1.807, 2.05) is 18.2 Å². The number of carbonyl (C=O) groups is 1. The fourth-order valence-electron chi connectivity index (χ4n) is 3.55. The van der Waals surface area contributed by atoms with Gasteiger partial charge in [-0.2, -0.15) is 0 Å². The number of nitrogens with zero attached hydrogens (tertiary/aromatic N) is 4. The van der Waals surface area contributed by atoms with Crippen LogP contribution in [0.1, 0.15) is 20.9 Å². The molecule has 3 aromatic rings. The van der Waals surface area contributed by atoms with Crippen LogP contribution in [-0.2, 0) is 6.54 Å². The third-order valence-corrected chi connectivity index (χ3v) is 6.13. The molecule has 8 heteroatoms. The average molecular weight is 423 g/mol. The van der Waals surface area contributed by atoms with Crippen molar-refractivity contribution in [2.24, 2.45) is 0 Å². The zero-order chi connectivity index (χ0) is 21.1. The molecular weight excluding hydrogens is 400 g/mol. The Morgan fingerprint density at radius 1 is 1.13 bits per heavy atom. The molecular formula is C22H22N4O3S. The first-order valence-corrected chi connectivity index (χ1v) is 10.7. The molecule has 4 rings (SSSR count). The van der Waals surface area contributed by atoms with E-state index in [1.54, 1.807) is 35.3 Å². The van der Waals surface area contributed by atoms with E-state index in [-0.39, 0.29) is 11.6 Å². The van der Waals surface area contributed by atoms with E-state index in [0.717, 1.165) is 35.9 Å². The van der Waals surface area contributed by atoms with Crippen molar-refractivity contribution < 1.29 is 9.72 Å². The van der Waals surface area contributed by atoms with Gasteiger partial charge in [0.25, 0.3) is 11.6 Å². The van der Waals surface area contributed by atoms with E-state index in [1.165, 1.54) is 6.07 Å². The Balaban J connectivity index is 1.35. The molecule has 0 N–H and O–H groups in total. The smallest absolute Gasteiger partial charge is 0.273 e. The van der Waals surface area contributed by atoms with Crippen molar-refractivity contribution >= 4 is 22.9 Å². The highest BCUT2D eigenvalue weighted by atomic mass is 32.1. The summed E-state index contributed by atoms with van der Waals surface area (Å²) >= 11 is 1.65. The lowest BCUT2D eigenvalue weighted by Gasteiger charge is -2.34. The van der Waals surface area contributed by atoms with Crippen molar-refractivity contribution in [3.05, 3.63) is 80.2 Å². The maximum atomic E-state index is 12.8. The molecule has 1 amide bonds. The third-order valence-electron chi connectivity index (χ3n) is 5.29. The van der Waals surface area contributed by atoms with Crippen molar-refractivity contribution in [3.8, 4) is 11.3 Å². The van der Waals surface area contributed by atoms with Gasteiger partial charge >= 0.3 is 0 Å². The molecule has 1 saturated heterocycles. The number of carbonyl (C=O) groups excluding carboxylic acids is 1. The van der Waals surface area contributed by atoms with Gasteiger partial charge in [-0.15, -0.1) is 11.3 Å². The molecule has 1 aromatic heterocycles. The van der Waals surface area contributed by atoms with Gasteiger partial charge in [-0.05, 0) is 13.0 Å². The van der Waals surface area contributed by atoms with Crippen LogP contribution in [0.15, 0.2) is 53.9 Å². The van der Waals surface area contributed by atoms with Crippen LogP contribution in [0.2, 0.25) is 0 Å². The average Bonchev–Trinajstić information content (AvgIpc) is 3.23. The second kappa shape index (κ2) is 8.73. The Bertz CT molecular complexity index is 1060. The molecule has 30 heavy (non-hydrogen) atoms. The van der Waals surface area contributed by atoms with Gasteiger partial charge in [0.2, 0.25) is 0 Å². The number of nitro groups is 1. The SMILES string of the molecule is Cc1ccc(C(=O)N2CCN(Cc3nc(-c4ccccc4)cs3)CC2)cc1[N+](=O)[O-]. The van der Waals surface area contributed by atoms with E-state index >= 15 is 0 Å². The molecule has 0 aliphatic carbocycles. The molecule has 1 aliphatic rings. The first-order valence-electron chi connectivity index (χ1n) is 9.78. The molecule has 0 saturated carbocycles. The number of piperazine rings is 1. The van der Waals surface area contributed by atoms with Crippen molar-refractivity contribution in [3.63, 3.8) is 0 Å². The predicted molar refractivity (Wildman–Crippen MR) is 117 cm³/mol. The number of nitro benzene ring substituents is 1. The van der Waals surface area contributed by atoms with Gasteiger partial charge in [-0.3, -0.25) is 19.8 Å². The first kappa shape index (κ1) is 20.2. The van der Waals surface area contributed by atoms with Crippen LogP contribution in [0.25, 0.3) is 11.3 Å². The van der Waals surface area contributed by atoms with E-state index in [9.17, 15) is 14.9 Å². The molecule has 2 aromatic carbocycles. The number of aromatic nitrogens is 1. The van der Waals surface area contributed by atoms with Gasteiger partial charge in [0.15, 0.2) is 0 Å². The Labute approximate surface area is 178 Å². The van der Waals surface area contributed by atoms with Gasteiger partial charge < -0.3 is 4.90 Å². The lowest BCUT2D eigenvalue weighted by molar-refractivity contribution is -0.385. The summed E-state index contributed by atoms with van der Waals surface area (Å²) in [5.74, 6) is -0.154. The van der Waals surface area contributed by atoms with Crippen LogP contribution in [0, 0.1) is 17.0 Å². The Kier molecular flexibility index (Phi) is 5.87. The minimum absolute atomic E-state index is 0.0162. The number of thiazole rings is 1. The zero-order valence-corrected chi connectivity index (χ0v) is 17.5. The van der Waals surface area contributed by atoms with Crippen LogP contribution in [0.5, 0.6) is 0 Å². The fraction of sp³-hybridized carbons (Fsp3) is 0.273. The van der Waals surface area contributed by atoms with Crippen LogP contribution < -0.4 is 0 Å². The molecule has 0 spiro atoms. The molecule has 0 atom stereocenters. The second-order valence-corrected chi connectivity index (χ2v) is 8.26. The summed E-state index contributed by atoms with van der Waals surface area (Å²) < 4.78 is 0. The topological polar surface area (TPSA) is 79.6 Å². The van der Waals surface area contributed by atoms with Gasteiger partial charge in [-0.1, -0.05) is 36.4 Å². The van der Waals surface area contributed by atoms with Gasteiger partial charge in [-0.25, -0.2) is 4.98 Å². The molecule has 7 nitrogen and oxygen atoms in total. The summed E-state index contributed by atoms with van der Waals surface area (Å²) in [7, 11) is 0. The summed E-state index contributed by atoms with van der Waals surface area (Å²) in [5, 5.41) is 14.3. The molecule has 0 radical (unpaired) electrons. The van der Waals surface area contributed by atoms with Crippen molar-refractivity contribution in [1.82, 2.24) is 14.8 Å². The van der Waals surface area contributed by atoms with Gasteiger partial charge in [0.05, 0.1) is 17.2 Å². The monoisotopic (exact) mass is 422 g/mol. The second-order valence-electron chi connectivity index (χ2n) is 7.32. The van der Waals surface area contributed by atoms with Gasteiger partial charge in [0, 0.05) is 54.3 Å². The highest BCUT2D eigenvalue weighted by Gasteiger charge is 2.24. The van der Waals surface area contributed by atoms with Crippen LogP contribution in [-0.4, -0.2) is 51.8 Å². The van der Waals surface area contributed by atoms with Crippen LogP contribution in [0.4, 0.5) is 5.69 Å². The van der Waals surface area contributed by atoms with Crippen molar-refractivity contribution in [2.75, 3.05) is 26.2 Å². The van der Waals surface area contributed by atoms with Crippen molar-refractivity contribution in [2.45, 2.75) is 13.5 Å². The van der Waals surface area contributed by atoms with Gasteiger partial charge in [0.1, 0.15) is 5.01 Å². The molecule has 2 heterocycles. The van der Waals surface area contributed by atoms with E-state index in [4.69, 9.17) is 4.98 Å². The third kappa shape index (κ3) is 4.39. The number of hydrogen-bond acceptors (Lipinski definition) is 6. The first-order chi connectivity index (χ1) is 14.5. The lowest BCUT2D eigenvalue weighted by atomic mass is 10.1. The van der Waals surface area contributed by atoms with E-state index in [0.29, 0.717) is 24.2 Å². The number of aryl methyl sites for hydroxylation is 1. The molecule has 0 unspecified atom stereocenters. The minimum Gasteiger partial charge on any atom is -0.336 e. The largest absolute Gasteiger partial charge is 0.336 e. The quantitative estimate of drug-likeness (QED) is 0.459. The van der Waals surface area contributed by atoms with Crippen LogP contribution in [0.3, 0.4) is 0 Å². The normalized spacial score (nSPS) is 14.6. The Morgan fingerprint density at radius 2 is 1.87 bits per heavy atom. The maximum Gasteiger partial charge on any atom is 0.273 e. The molecule has 1 fully saturated rings. The summed E-state index contributed by atoms with van der Waals surface area (Å²) in [6, 6.07) is 14.8. The summed E-state index contributed by atoms with van der Waals surface area (Å²) in [4.78, 5) is 32.3. The standard InChI is InChI=1S/C22H22N4O3S/c1-16-7-8-18(13-20(16)26(28)29)22(27)25-11-9-24(10-12-25)14-21-23-19(15-30-21)17-5-3-2-4-6-17/h2-8,13,15H,9-12,14H2,1H3. The Morgan fingerprint density at radius 3 is 2.57 bits per heavy atom. The van der Waals surface area contributed by atoms with Crippen LogP contribution >= 0.6 is 11.3 Å². The fourth-order valence-corrected chi connectivity index (χ4v) is 4.39. The highest BCUT2D eigenvalue weighted by molar-refractivity contribution is 7.09. The predicted octanol–water partition coefficient (Wildman–Crippen LogP) is 3.98. The Hall–Kier alpha value is -3.10. The highest BCUT2D eigenvalue weighted by Crippen LogP contribution is 2.24. The zero-order valence-electron chi connectivity index (χ0n) is 16.7. The molecule has 1 aliphatic heterocycles. The minimum atomic E-state index is -0.443. The van der Waals surface area contributed by atoms with E-state index in [2.05, 4.69) is 22.4 Å². The van der Waals surface area contributed by atoms with E-state index < -0.39 is 4.92 Å². The summed E-state index contributed by atoms with van der Waals surface area (Å²) in [6.45, 7) is 5.12. The number of amides is 1.